The van der Waals surface area contributed by atoms with Crippen LogP contribution in [0.15, 0.2) is 0 Å². The van der Waals surface area contributed by atoms with Crippen molar-refractivity contribution >= 4 is 22.0 Å². The Balaban J connectivity index is 4.23. The van der Waals surface area contributed by atoms with Crippen LogP contribution in [0.25, 0.3) is 0 Å². The summed E-state index contributed by atoms with van der Waals surface area (Å²) in [4.78, 5) is 23.5. The van der Waals surface area contributed by atoms with E-state index in [9.17, 15) is 18.0 Å². The number of carboxylic acids is 1. The maximum Gasteiger partial charge on any atom is 0.329 e. The van der Waals surface area contributed by atoms with Gasteiger partial charge in [-0.2, -0.15) is 0 Å². The lowest BCUT2D eigenvalue weighted by Crippen LogP contribution is -2.54. The maximum absolute atomic E-state index is 11.6. The van der Waals surface area contributed by atoms with Crippen molar-refractivity contribution in [2.45, 2.75) is 19.4 Å². The number of urea groups is 1. The Morgan fingerprint density at radius 1 is 1.28 bits per heavy atom. The number of carboxylic acid groups (broad SMARTS) is 1. The van der Waals surface area contributed by atoms with Crippen LogP contribution < -0.4 is 10.0 Å². The van der Waals surface area contributed by atoms with Gasteiger partial charge in [0.05, 0.1) is 6.26 Å². The van der Waals surface area contributed by atoms with Gasteiger partial charge < -0.3 is 15.3 Å². The minimum absolute atomic E-state index is 0.0475. The first kappa shape index (κ1) is 16.6. The fraction of sp³-hybridized carbons (Fsp3) is 0.778. The zero-order chi connectivity index (χ0) is 14.6. The lowest BCUT2D eigenvalue weighted by molar-refractivity contribution is -0.146. The summed E-state index contributed by atoms with van der Waals surface area (Å²) in [7, 11) is -1.94. The van der Waals surface area contributed by atoms with Crippen molar-refractivity contribution in [2.75, 3.05) is 26.4 Å². The van der Waals surface area contributed by atoms with Gasteiger partial charge in [-0.1, -0.05) is 0 Å². The average Bonchev–Trinajstić information content (AvgIpc) is 2.21. The summed E-state index contributed by atoms with van der Waals surface area (Å²) < 4.78 is 23.7. The van der Waals surface area contributed by atoms with Crippen molar-refractivity contribution in [3.63, 3.8) is 0 Å². The number of nitrogens with zero attached hydrogens (tertiary/aromatic N) is 1. The van der Waals surface area contributed by atoms with Crippen molar-refractivity contribution in [1.82, 2.24) is 14.9 Å². The van der Waals surface area contributed by atoms with E-state index < -0.39 is 27.6 Å². The molecule has 0 aliphatic rings. The summed E-state index contributed by atoms with van der Waals surface area (Å²) in [5, 5.41) is 11.3. The van der Waals surface area contributed by atoms with Gasteiger partial charge in [0.25, 0.3) is 0 Å². The molecule has 0 radical (unpaired) electrons. The van der Waals surface area contributed by atoms with Crippen molar-refractivity contribution in [2.24, 2.45) is 0 Å². The molecular weight excluding hydrogens is 262 g/mol. The molecule has 9 heteroatoms. The number of nitrogens with one attached hydrogen (secondary N) is 2. The van der Waals surface area contributed by atoms with E-state index in [1.165, 1.54) is 20.9 Å². The van der Waals surface area contributed by atoms with Crippen LogP contribution in [0.4, 0.5) is 4.79 Å². The highest BCUT2D eigenvalue weighted by molar-refractivity contribution is 7.88. The third-order valence-electron chi connectivity index (χ3n) is 2.43. The second-order valence-corrected chi connectivity index (χ2v) is 6.15. The second-order valence-electron chi connectivity index (χ2n) is 4.32. The minimum atomic E-state index is -3.29. The van der Waals surface area contributed by atoms with E-state index in [-0.39, 0.29) is 13.1 Å². The predicted octanol–water partition coefficient (Wildman–Crippen LogP) is -0.960. The first-order valence-corrected chi connectivity index (χ1v) is 7.07. The fourth-order valence-corrected chi connectivity index (χ4v) is 1.39. The van der Waals surface area contributed by atoms with Crippen LogP contribution in [-0.2, 0) is 14.8 Å². The summed E-state index contributed by atoms with van der Waals surface area (Å²) >= 11 is 0. The SMILES string of the molecule is CN(C(=O)NCCNS(C)(=O)=O)C(C)(C)C(=O)O. The monoisotopic (exact) mass is 281 g/mol. The number of hydrogen-bond donors (Lipinski definition) is 3. The number of carbonyl (C=O) groups excluding carboxylic acids is 1. The molecule has 0 atom stereocenters. The number of aliphatic carboxylic acids is 1. The molecule has 0 aliphatic carbocycles. The Hall–Kier alpha value is -1.35. The molecule has 2 amide bonds. The molecule has 0 aromatic rings. The third-order valence-corrected chi connectivity index (χ3v) is 3.16. The zero-order valence-electron chi connectivity index (χ0n) is 10.8. The molecule has 18 heavy (non-hydrogen) atoms. The summed E-state index contributed by atoms with van der Waals surface area (Å²) in [6.07, 6.45) is 1.01. The van der Waals surface area contributed by atoms with Gasteiger partial charge in [0.2, 0.25) is 10.0 Å². The van der Waals surface area contributed by atoms with Crippen molar-refractivity contribution < 1.29 is 23.1 Å². The van der Waals surface area contributed by atoms with Gasteiger partial charge in [-0.15, -0.1) is 0 Å². The maximum atomic E-state index is 11.6. The molecule has 0 heterocycles. The molecular formula is C9H19N3O5S. The molecule has 3 N–H and O–H groups in total. The highest BCUT2D eigenvalue weighted by Crippen LogP contribution is 2.11. The summed E-state index contributed by atoms with van der Waals surface area (Å²) in [6, 6.07) is -0.585. The van der Waals surface area contributed by atoms with Crippen LogP contribution in [0.5, 0.6) is 0 Å². The normalized spacial score (nSPS) is 12.0. The van der Waals surface area contributed by atoms with Gasteiger partial charge in [0.15, 0.2) is 0 Å². The molecule has 0 aromatic carbocycles. The number of amides is 2. The average molecular weight is 281 g/mol. The topological polar surface area (TPSA) is 116 Å². The summed E-state index contributed by atoms with van der Waals surface area (Å²) in [5.74, 6) is -1.13. The molecule has 8 nitrogen and oxygen atoms in total. The smallest absolute Gasteiger partial charge is 0.329 e. The first-order chi connectivity index (χ1) is 7.98. The van der Waals surface area contributed by atoms with Crippen LogP contribution in [0.3, 0.4) is 0 Å². The van der Waals surface area contributed by atoms with Crippen LogP contribution >= 0.6 is 0 Å². The lowest BCUT2D eigenvalue weighted by atomic mass is 10.1. The molecule has 0 saturated carbocycles. The Bertz CT molecular complexity index is 418. The molecule has 0 bridgehead atoms. The fourth-order valence-electron chi connectivity index (χ4n) is 0.922. The second kappa shape index (κ2) is 6.01. The van der Waals surface area contributed by atoms with Gasteiger partial charge in [-0.05, 0) is 13.8 Å². The van der Waals surface area contributed by atoms with E-state index in [0.717, 1.165) is 11.2 Å². The number of rotatable bonds is 6. The highest BCUT2D eigenvalue weighted by atomic mass is 32.2. The molecule has 0 fully saturated rings. The number of hydrogen-bond acceptors (Lipinski definition) is 4. The number of carbonyl (C=O) groups is 2. The van der Waals surface area contributed by atoms with Gasteiger partial charge in [0, 0.05) is 20.1 Å². The largest absolute Gasteiger partial charge is 0.480 e. The molecule has 0 aromatic heterocycles. The van der Waals surface area contributed by atoms with Crippen molar-refractivity contribution in [3.05, 3.63) is 0 Å². The summed E-state index contributed by atoms with van der Waals surface area (Å²) in [5.41, 5.74) is -1.34. The Labute approximate surface area is 106 Å². The zero-order valence-corrected chi connectivity index (χ0v) is 11.7. The van der Waals surface area contributed by atoms with Crippen LogP contribution in [0.2, 0.25) is 0 Å². The third kappa shape index (κ3) is 5.32. The quantitative estimate of drug-likeness (QED) is 0.542. The summed E-state index contributed by atoms with van der Waals surface area (Å²) in [6.45, 7) is 2.91. The molecule has 0 rings (SSSR count). The minimum Gasteiger partial charge on any atom is -0.480 e. The van der Waals surface area contributed by atoms with Gasteiger partial charge >= 0.3 is 12.0 Å². The van der Waals surface area contributed by atoms with E-state index in [1.807, 2.05) is 0 Å². The van der Waals surface area contributed by atoms with Crippen molar-refractivity contribution in [1.29, 1.82) is 0 Å². The standard InChI is InChI=1S/C9H19N3O5S/c1-9(2,7(13)14)12(3)8(15)10-5-6-11-18(4,16)17/h11H,5-6H2,1-4H3,(H,10,15)(H,13,14). The van der Waals surface area contributed by atoms with E-state index in [0.29, 0.717) is 0 Å². The van der Waals surface area contributed by atoms with E-state index in [4.69, 9.17) is 5.11 Å². The number of sulfonamides is 1. The molecule has 106 valence electrons. The predicted molar refractivity (Wildman–Crippen MR) is 65.7 cm³/mol. The lowest BCUT2D eigenvalue weighted by Gasteiger charge is -2.31. The van der Waals surface area contributed by atoms with Gasteiger partial charge in [-0.25, -0.2) is 22.7 Å². The van der Waals surface area contributed by atoms with E-state index in [2.05, 4.69) is 10.0 Å². The van der Waals surface area contributed by atoms with E-state index >= 15 is 0 Å². The first-order valence-electron chi connectivity index (χ1n) is 5.18. The molecule has 0 unspecified atom stereocenters. The highest BCUT2D eigenvalue weighted by Gasteiger charge is 2.34. The Kier molecular flexibility index (Phi) is 5.55. The van der Waals surface area contributed by atoms with Crippen LogP contribution in [0.1, 0.15) is 13.8 Å². The number of likely N-dealkylation sites (N-methyl/N-ethyl adjacent to an activating group) is 1. The van der Waals surface area contributed by atoms with E-state index in [1.54, 1.807) is 0 Å². The Morgan fingerprint density at radius 2 is 1.78 bits per heavy atom. The molecule has 0 saturated heterocycles. The van der Waals surface area contributed by atoms with Crippen molar-refractivity contribution in [3.8, 4) is 0 Å². The van der Waals surface area contributed by atoms with Gasteiger partial charge in [0.1, 0.15) is 5.54 Å². The van der Waals surface area contributed by atoms with Crippen LogP contribution in [0, 0.1) is 0 Å². The molecule has 0 spiro atoms. The molecule has 0 aliphatic heterocycles. The van der Waals surface area contributed by atoms with Gasteiger partial charge in [-0.3, -0.25) is 0 Å². The van der Waals surface area contributed by atoms with Crippen LogP contribution in [-0.4, -0.2) is 62.4 Å². The Morgan fingerprint density at radius 3 is 2.17 bits per heavy atom.